The molecule has 2 N–H and O–H groups in total. The predicted octanol–water partition coefficient (Wildman–Crippen LogP) is 3.40. The number of anilines is 1. The molecule has 2 nitrogen and oxygen atoms in total. The molecule has 0 bridgehead atoms. The number of nitrogens with zero attached hydrogens (tertiary/aromatic N) is 1. The Balaban J connectivity index is 2.06. The van der Waals surface area contributed by atoms with Gasteiger partial charge in [0, 0.05) is 29.3 Å². The zero-order chi connectivity index (χ0) is 12.3. The lowest BCUT2D eigenvalue weighted by Gasteiger charge is -2.37. The molecule has 2 rings (SSSR count). The third-order valence-corrected chi connectivity index (χ3v) is 3.99. The van der Waals surface area contributed by atoms with Crippen LogP contribution in [0.5, 0.6) is 0 Å². The monoisotopic (exact) mass is 296 g/mol. The molecule has 1 saturated heterocycles. The molecule has 0 radical (unpaired) electrons. The van der Waals surface area contributed by atoms with Crippen molar-refractivity contribution in [2.24, 2.45) is 11.7 Å². The summed E-state index contributed by atoms with van der Waals surface area (Å²) in [5.74, 6) is 0.757. The highest BCUT2D eigenvalue weighted by Crippen LogP contribution is 2.26. The van der Waals surface area contributed by atoms with Gasteiger partial charge in [-0.15, -0.1) is 0 Å². The molecule has 1 heterocycles. The van der Waals surface area contributed by atoms with Gasteiger partial charge in [0.15, 0.2) is 0 Å². The Kier molecular flexibility index (Phi) is 4.46. The molecule has 1 aromatic rings. The van der Waals surface area contributed by atoms with Crippen molar-refractivity contribution in [3.05, 3.63) is 28.7 Å². The second kappa shape index (κ2) is 5.87. The van der Waals surface area contributed by atoms with Gasteiger partial charge in [-0.2, -0.15) is 0 Å². The summed E-state index contributed by atoms with van der Waals surface area (Å²) in [5, 5.41) is 0. The van der Waals surface area contributed by atoms with E-state index in [0.717, 1.165) is 23.5 Å². The third kappa shape index (κ3) is 3.46. The van der Waals surface area contributed by atoms with Crippen LogP contribution in [0.15, 0.2) is 28.7 Å². The van der Waals surface area contributed by atoms with Crippen LogP contribution in [-0.2, 0) is 0 Å². The smallest absolute Gasteiger partial charge is 0.0367 e. The first-order valence-corrected chi connectivity index (χ1v) is 7.24. The van der Waals surface area contributed by atoms with E-state index in [1.54, 1.807) is 0 Å². The second-order valence-electron chi connectivity index (χ2n) is 5.03. The molecule has 17 heavy (non-hydrogen) atoms. The number of halogens is 1. The molecular formula is C14H21BrN2. The van der Waals surface area contributed by atoms with Gasteiger partial charge in [-0.1, -0.05) is 29.3 Å². The number of piperidine rings is 1. The number of benzene rings is 1. The van der Waals surface area contributed by atoms with Gasteiger partial charge in [0.05, 0.1) is 0 Å². The minimum Gasteiger partial charge on any atom is -0.370 e. The maximum Gasteiger partial charge on any atom is 0.0367 e. The second-order valence-corrected chi connectivity index (χ2v) is 5.95. The Morgan fingerprint density at radius 1 is 1.29 bits per heavy atom. The summed E-state index contributed by atoms with van der Waals surface area (Å²) < 4.78 is 1.13. The van der Waals surface area contributed by atoms with Crippen molar-refractivity contribution in [2.45, 2.75) is 32.2 Å². The fraction of sp³-hybridized carbons (Fsp3) is 0.571. The van der Waals surface area contributed by atoms with Gasteiger partial charge >= 0.3 is 0 Å². The van der Waals surface area contributed by atoms with Crippen LogP contribution >= 0.6 is 15.9 Å². The SMILES string of the molecule is CCCC1CC(N)CN(c2ccc(Br)cc2)C1. The fourth-order valence-corrected chi connectivity index (χ4v) is 2.99. The molecule has 1 fully saturated rings. The standard InChI is InChI=1S/C14H21BrN2/c1-2-3-11-8-13(16)10-17(9-11)14-6-4-12(15)5-7-14/h4-7,11,13H,2-3,8-10,16H2,1H3. The van der Waals surface area contributed by atoms with Gasteiger partial charge in [-0.3, -0.25) is 0 Å². The molecule has 1 aliphatic heterocycles. The van der Waals surface area contributed by atoms with E-state index in [1.165, 1.54) is 24.9 Å². The lowest BCUT2D eigenvalue weighted by atomic mass is 9.91. The average Bonchev–Trinajstić information content (AvgIpc) is 2.29. The molecule has 0 amide bonds. The molecule has 0 spiro atoms. The van der Waals surface area contributed by atoms with Crippen LogP contribution in [0.3, 0.4) is 0 Å². The average molecular weight is 297 g/mol. The quantitative estimate of drug-likeness (QED) is 0.926. The van der Waals surface area contributed by atoms with Crippen molar-refractivity contribution < 1.29 is 0 Å². The molecule has 0 saturated carbocycles. The summed E-state index contributed by atoms with van der Waals surface area (Å²) in [6.45, 7) is 4.40. The van der Waals surface area contributed by atoms with Crippen molar-refractivity contribution >= 4 is 21.6 Å². The van der Waals surface area contributed by atoms with E-state index in [0.29, 0.717) is 6.04 Å². The molecule has 1 aliphatic rings. The van der Waals surface area contributed by atoms with Gasteiger partial charge in [-0.25, -0.2) is 0 Å². The van der Waals surface area contributed by atoms with E-state index < -0.39 is 0 Å². The van der Waals surface area contributed by atoms with Crippen molar-refractivity contribution in [2.75, 3.05) is 18.0 Å². The van der Waals surface area contributed by atoms with E-state index in [-0.39, 0.29) is 0 Å². The molecule has 0 aromatic heterocycles. The molecular weight excluding hydrogens is 276 g/mol. The molecule has 3 heteroatoms. The van der Waals surface area contributed by atoms with Crippen LogP contribution < -0.4 is 10.6 Å². The Hall–Kier alpha value is -0.540. The number of rotatable bonds is 3. The van der Waals surface area contributed by atoms with Gasteiger partial charge in [0.1, 0.15) is 0 Å². The normalized spacial score (nSPS) is 25.0. The maximum atomic E-state index is 6.16. The van der Waals surface area contributed by atoms with Crippen molar-refractivity contribution in [3.8, 4) is 0 Å². The number of nitrogens with two attached hydrogens (primary N) is 1. The largest absolute Gasteiger partial charge is 0.370 e. The van der Waals surface area contributed by atoms with Crippen LogP contribution in [0.4, 0.5) is 5.69 Å². The molecule has 1 aromatic carbocycles. The van der Waals surface area contributed by atoms with Gasteiger partial charge in [-0.05, 0) is 43.0 Å². The van der Waals surface area contributed by atoms with Crippen molar-refractivity contribution in [1.29, 1.82) is 0 Å². The molecule has 0 aliphatic carbocycles. The topological polar surface area (TPSA) is 29.3 Å². The van der Waals surface area contributed by atoms with E-state index >= 15 is 0 Å². The predicted molar refractivity (Wildman–Crippen MR) is 77.3 cm³/mol. The zero-order valence-corrected chi connectivity index (χ0v) is 12.0. The number of hydrogen-bond acceptors (Lipinski definition) is 2. The third-order valence-electron chi connectivity index (χ3n) is 3.46. The minimum absolute atomic E-state index is 0.323. The Labute approximate surface area is 112 Å². The summed E-state index contributed by atoms with van der Waals surface area (Å²) in [5.41, 5.74) is 7.46. The highest BCUT2D eigenvalue weighted by Gasteiger charge is 2.24. The van der Waals surface area contributed by atoms with E-state index in [4.69, 9.17) is 5.73 Å². The fourth-order valence-electron chi connectivity index (χ4n) is 2.73. The lowest BCUT2D eigenvalue weighted by Crippen LogP contribution is -2.47. The molecule has 94 valence electrons. The lowest BCUT2D eigenvalue weighted by molar-refractivity contribution is 0.355. The molecule has 2 unspecified atom stereocenters. The van der Waals surface area contributed by atoms with E-state index in [1.807, 2.05) is 0 Å². The van der Waals surface area contributed by atoms with Crippen LogP contribution in [0.1, 0.15) is 26.2 Å². The Morgan fingerprint density at radius 2 is 2.00 bits per heavy atom. The summed E-state index contributed by atoms with van der Waals surface area (Å²) in [6.07, 6.45) is 3.73. The van der Waals surface area contributed by atoms with Crippen molar-refractivity contribution in [3.63, 3.8) is 0 Å². The first-order valence-electron chi connectivity index (χ1n) is 6.45. The van der Waals surface area contributed by atoms with Gasteiger partial charge < -0.3 is 10.6 Å². The van der Waals surface area contributed by atoms with Gasteiger partial charge in [0.2, 0.25) is 0 Å². The van der Waals surface area contributed by atoms with E-state index in [9.17, 15) is 0 Å². The first-order chi connectivity index (χ1) is 8.19. The summed E-state index contributed by atoms with van der Waals surface area (Å²) >= 11 is 3.47. The van der Waals surface area contributed by atoms with Crippen LogP contribution in [0.25, 0.3) is 0 Å². The van der Waals surface area contributed by atoms with Crippen LogP contribution in [0, 0.1) is 5.92 Å². The Morgan fingerprint density at radius 3 is 2.65 bits per heavy atom. The summed E-state index contributed by atoms with van der Waals surface area (Å²) in [6, 6.07) is 8.87. The number of hydrogen-bond donors (Lipinski definition) is 1. The maximum absolute atomic E-state index is 6.16. The van der Waals surface area contributed by atoms with Crippen LogP contribution in [0.2, 0.25) is 0 Å². The highest BCUT2D eigenvalue weighted by molar-refractivity contribution is 9.10. The van der Waals surface area contributed by atoms with E-state index in [2.05, 4.69) is 52.0 Å². The summed E-state index contributed by atoms with van der Waals surface area (Å²) in [7, 11) is 0. The van der Waals surface area contributed by atoms with Crippen molar-refractivity contribution in [1.82, 2.24) is 0 Å². The highest BCUT2D eigenvalue weighted by atomic mass is 79.9. The Bertz CT molecular complexity index is 350. The van der Waals surface area contributed by atoms with Crippen LogP contribution in [-0.4, -0.2) is 19.1 Å². The summed E-state index contributed by atoms with van der Waals surface area (Å²) in [4.78, 5) is 2.43. The zero-order valence-electron chi connectivity index (χ0n) is 10.4. The minimum atomic E-state index is 0.323. The molecule has 2 atom stereocenters. The van der Waals surface area contributed by atoms with Gasteiger partial charge in [0.25, 0.3) is 0 Å². The first kappa shape index (κ1) is 12.9.